The number of benzene rings is 1. The Balaban J connectivity index is 2.80. The summed E-state index contributed by atoms with van der Waals surface area (Å²) in [5, 5.41) is 13.3. The fraction of sp³-hybridized carbons (Fsp3) is 0.500. The van der Waals surface area contributed by atoms with E-state index < -0.39 is 26.8 Å². The van der Waals surface area contributed by atoms with Crippen molar-refractivity contribution in [3.8, 4) is 0 Å². The Morgan fingerprint density at radius 1 is 1.43 bits per heavy atom. The Morgan fingerprint density at radius 3 is 2.46 bits per heavy atom. The van der Waals surface area contributed by atoms with Crippen molar-refractivity contribution < 1.29 is 22.5 Å². The van der Waals surface area contributed by atoms with Gasteiger partial charge < -0.3 is 15.3 Å². The summed E-state index contributed by atoms with van der Waals surface area (Å²) in [6.07, 6.45) is 0.297. The lowest BCUT2D eigenvalue weighted by atomic mass is 9.99. The summed E-state index contributed by atoms with van der Waals surface area (Å²) in [7, 11) is -3.91. The molecule has 0 amide bonds. The first-order valence-electron chi connectivity index (χ1n) is 8.69. The zero-order chi connectivity index (χ0) is 21.4. The Morgan fingerprint density at radius 2 is 2.04 bits per heavy atom. The predicted octanol–water partition coefficient (Wildman–Crippen LogP) is 3.73. The molecule has 0 aliphatic carbocycles. The van der Waals surface area contributed by atoms with Gasteiger partial charge in [0.2, 0.25) is 0 Å². The van der Waals surface area contributed by atoms with E-state index in [9.17, 15) is 18.3 Å². The van der Waals surface area contributed by atoms with Gasteiger partial charge in [0.15, 0.2) is 4.57 Å². The van der Waals surface area contributed by atoms with Crippen LogP contribution in [0.25, 0.3) is 0 Å². The lowest BCUT2D eigenvalue weighted by Gasteiger charge is -2.41. The highest BCUT2D eigenvalue weighted by atomic mass is 79.9. The molecule has 0 saturated heterocycles. The molecule has 156 valence electrons. The summed E-state index contributed by atoms with van der Waals surface area (Å²) in [6.45, 7) is 7.44. The molecule has 1 aromatic carbocycles. The quantitative estimate of drug-likeness (QED) is 0.338. The molecule has 0 fully saturated rings. The van der Waals surface area contributed by atoms with E-state index in [0.29, 0.717) is 22.6 Å². The van der Waals surface area contributed by atoms with E-state index in [1.54, 1.807) is 30.0 Å². The minimum absolute atomic E-state index is 0.115. The standard InChI is InChI=1S/C18H24BrClN2O5S/c1-6-18(19)21-14(17(23)24)15(22(18)10(2)3)16(27-28(5,25)26)13-8-7-12(20)9-11(13)4/h7-10,16,21H,6H2,1-5H3,(H,23,24). The van der Waals surface area contributed by atoms with Crippen LogP contribution in [0.5, 0.6) is 0 Å². The number of carboxylic acid groups (broad SMARTS) is 1. The fourth-order valence-corrected chi connectivity index (χ4v) is 4.92. The average molecular weight is 496 g/mol. The molecule has 2 N–H and O–H groups in total. The van der Waals surface area contributed by atoms with Gasteiger partial charge in [-0.1, -0.05) is 24.6 Å². The van der Waals surface area contributed by atoms with Crippen molar-refractivity contribution in [3.63, 3.8) is 0 Å². The predicted molar refractivity (Wildman–Crippen MR) is 112 cm³/mol. The minimum Gasteiger partial charge on any atom is -0.477 e. The van der Waals surface area contributed by atoms with Crippen molar-refractivity contribution in [2.45, 2.75) is 50.8 Å². The maximum atomic E-state index is 12.1. The maximum Gasteiger partial charge on any atom is 0.353 e. The van der Waals surface area contributed by atoms with Crippen LogP contribution in [0.4, 0.5) is 0 Å². The van der Waals surface area contributed by atoms with E-state index in [1.165, 1.54) is 0 Å². The molecule has 2 unspecified atom stereocenters. The number of hydrogen-bond acceptors (Lipinski definition) is 6. The van der Waals surface area contributed by atoms with E-state index in [1.807, 2.05) is 20.8 Å². The maximum absolute atomic E-state index is 12.1. The van der Waals surface area contributed by atoms with E-state index in [0.717, 1.165) is 6.26 Å². The Kier molecular flexibility index (Phi) is 6.75. The molecule has 1 aliphatic rings. The molecule has 2 rings (SSSR count). The van der Waals surface area contributed by atoms with Crippen LogP contribution in [-0.2, 0) is 19.1 Å². The molecule has 0 saturated carbocycles. The van der Waals surface area contributed by atoms with Crippen LogP contribution in [0.2, 0.25) is 5.02 Å². The van der Waals surface area contributed by atoms with Gasteiger partial charge in [-0.25, -0.2) is 4.79 Å². The molecule has 1 aromatic rings. The molecule has 0 aromatic heterocycles. The largest absolute Gasteiger partial charge is 0.477 e. The molecule has 0 bridgehead atoms. The molecular formula is C18H24BrClN2O5S. The zero-order valence-electron chi connectivity index (χ0n) is 16.3. The van der Waals surface area contributed by atoms with Gasteiger partial charge in [-0.05, 0) is 66.4 Å². The van der Waals surface area contributed by atoms with Gasteiger partial charge in [0.1, 0.15) is 11.8 Å². The number of halogens is 2. The number of hydrogen-bond donors (Lipinski definition) is 2. The SMILES string of the molecule is CCC1(Br)NC(C(=O)O)=C(C(OS(C)(=O)=O)c2ccc(Cl)cc2C)N1C(C)C. The average Bonchev–Trinajstić information content (AvgIpc) is 2.87. The van der Waals surface area contributed by atoms with Crippen LogP contribution < -0.4 is 5.32 Å². The molecule has 1 aliphatic heterocycles. The summed E-state index contributed by atoms with van der Waals surface area (Å²) in [5.41, 5.74) is 1.32. The number of carbonyl (C=O) groups is 1. The Hall–Kier alpha value is -1.29. The molecule has 28 heavy (non-hydrogen) atoms. The summed E-state index contributed by atoms with van der Waals surface area (Å²) in [4.78, 5) is 13.8. The van der Waals surface area contributed by atoms with Crippen molar-refractivity contribution >= 4 is 43.6 Å². The summed E-state index contributed by atoms with van der Waals surface area (Å²) >= 11 is 9.64. The van der Waals surface area contributed by atoms with Gasteiger partial charge >= 0.3 is 5.97 Å². The van der Waals surface area contributed by atoms with Crippen LogP contribution in [-0.4, -0.2) is 41.3 Å². The third-order valence-electron chi connectivity index (χ3n) is 4.45. The third-order valence-corrected chi connectivity index (χ3v) is 6.36. The first-order chi connectivity index (χ1) is 12.8. The second kappa shape index (κ2) is 8.22. The van der Waals surface area contributed by atoms with Gasteiger partial charge in [0, 0.05) is 11.1 Å². The van der Waals surface area contributed by atoms with Gasteiger partial charge in [-0.3, -0.25) is 4.18 Å². The lowest BCUT2D eigenvalue weighted by molar-refractivity contribution is -0.133. The second-order valence-electron chi connectivity index (χ2n) is 6.95. The molecule has 10 heteroatoms. The van der Waals surface area contributed by atoms with Gasteiger partial charge in [0.25, 0.3) is 10.1 Å². The highest BCUT2D eigenvalue weighted by Crippen LogP contribution is 2.45. The smallest absolute Gasteiger partial charge is 0.353 e. The monoisotopic (exact) mass is 494 g/mol. The third kappa shape index (κ3) is 4.64. The lowest BCUT2D eigenvalue weighted by Crippen LogP contribution is -2.50. The van der Waals surface area contributed by atoms with E-state index in [4.69, 9.17) is 15.8 Å². The van der Waals surface area contributed by atoms with Crippen LogP contribution >= 0.6 is 27.5 Å². The van der Waals surface area contributed by atoms with Crippen LogP contribution in [0, 0.1) is 6.92 Å². The number of rotatable bonds is 7. The number of nitrogens with one attached hydrogen (secondary N) is 1. The van der Waals surface area contributed by atoms with Crippen molar-refractivity contribution in [1.29, 1.82) is 0 Å². The van der Waals surface area contributed by atoms with Gasteiger partial charge in [-0.2, -0.15) is 8.42 Å². The van der Waals surface area contributed by atoms with E-state index >= 15 is 0 Å². The molecule has 0 spiro atoms. The van der Waals surface area contributed by atoms with Crippen LogP contribution in [0.15, 0.2) is 29.6 Å². The number of aryl methyl sites for hydroxylation is 1. The first-order valence-corrected chi connectivity index (χ1v) is 11.7. The minimum atomic E-state index is -3.91. The van der Waals surface area contributed by atoms with E-state index in [-0.39, 0.29) is 17.4 Å². The Bertz CT molecular complexity index is 919. The first kappa shape index (κ1) is 23.0. The van der Waals surface area contributed by atoms with E-state index in [2.05, 4.69) is 21.2 Å². The van der Waals surface area contributed by atoms with Crippen molar-refractivity contribution in [2.75, 3.05) is 6.26 Å². The fourth-order valence-electron chi connectivity index (χ4n) is 3.35. The molecule has 2 atom stereocenters. The van der Waals surface area contributed by atoms with Gasteiger partial charge in [0.05, 0.1) is 12.0 Å². The zero-order valence-corrected chi connectivity index (χ0v) is 19.4. The van der Waals surface area contributed by atoms with Crippen LogP contribution in [0.3, 0.4) is 0 Å². The van der Waals surface area contributed by atoms with Crippen molar-refractivity contribution in [3.05, 3.63) is 45.7 Å². The highest BCUT2D eigenvalue weighted by molar-refractivity contribution is 9.10. The van der Waals surface area contributed by atoms with Crippen molar-refractivity contribution in [2.24, 2.45) is 0 Å². The second-order valence-corrected chi connectivity index (χ2v) is 10.3. The number of nitrogens with zero attached hydrogens (tertiary/aromatic N) is 1. The Labute approximate surface area is 178 Å². The topological polar surface area (TPSA) is 95.9 Å². The normalized spacial score (nSPS) is 21.2. The number of alkyl halides is 1. The van der Waals surface area contributed by atoms with Crippen molar-refractivity contribution in [1.82, 2.24) is 10.2 Å². The molecular weight excluding hydrogens is 472 g/mol. The number of aliphatic carboxylic acids is 1. The highest BCUT2D eigenvalue weighted by Gasteiger charge is 2.49. The summed E-state index contributed by atoms with van der Waals surface area (Å²) < 4.78 is 28.7. The summed E-state index contributed by atoms with van der Waals surface area (Å²) in [6, 6.07) is 4.79. The molecule has 0 radical (unpaired) electrons. The van der Waals surface area contributed by atoms with Gasteiger partial charge in [-0.15, -0.1) is 0 Å². The summed E-state index contributed by atoms with van der Waals surface area (Å²) in [5.74, 6) is -1.20. The van der Waals surface area contributed by atoms with Crippen LogP contribution in [0.1, 0.15) is 44.4 Å². The number of carboxylic acids is 1. The molecule has 1 heterocycles. The molecule has 7 nitrogen and oxygen atoms in total.